The Balaban J connectivity index is 1.35. The molecule has 0 spiro atoms. The summed E-state index contributed by atoms with van der Waals surface area (Å²) < 4.78 is 32.0. The molecule has 5 heterocycles. The van der Waals surface area contributed by atoms with E-state index in [-0.39, 0.29) is 12.1 Å². The maximum atomic E-state index is 7.14. The van der Waals surface area contributed by atoms with Crippen LogP contribution in [0.1, 0.15) is 63.9 Å². The van der Waals surface area contributed by atoms with Crippen LogP contribution in [0.4, 0.5) is 0 Å². The second-order valence-electron chi connectivity index (χ2n) is 14.3. The Morgan fingerprint density at radius 2 is 1.38 bits per heavy atom. The highest BCUT2D eigenvalue weighted by molar-refractivity contribution is 5.67. The molecule has 4 aromatic rings. The van der Waals surface area contributed by atoms with Crippen molar-refractivity contribution in [2.75, 3.05) is 61.6 Å². The molecule has 6 bridgehead atoms. The largest absolute Gasteiger partial charge is 0.493 e. The summed E-state index contributed by atoms with van der Waals surface area (Å²) in [5.74, 6) is 5.25. The second-order valence-corrected chi connectivity index (χ2v) is 14.3. The second kappa shape index (κ2) is 13.8. The number of benzene rings is 4. The molecule has 0 N–H and O–H groups in total. The average molecular weight is 676 g/mol. The van der Waals surface area contributed by atoms with E-state index in [1.807, 2.05) is 6.07 Å². The Morgan fingerprint density at radius 3 is 2.14 bits per heavy atom. The summed E-state index contributed by atoms with van der Waals surface area (Å²) in [5.41, 5.74) is 8.85. The SMILES string of the molecule is COc1ccc2cc1Oc1ccc(cc1)C[C@H]1c3cc(ccc3CCN1C)Oc1c(OC)c(OC)c(CN3CCCC3)c3c1[C@H](C2)N(C)CC3. The molecule has 0 radical (unpaired) electrons. The standard InChI is InChI=1S/C42H49N3O5/c1-43-20-16-29-11-14-31-25-33(29)35(43)22-27-8-12-30(13-9-27)49-38-24-28(10-15-37(38)46-3)23-36-39-32(17-21-44(36)2)34(26-45-18-6-7-19-45)40(47-4)42(48-5)41(39)50-31/h8-15,24-25,35-36H,6-7,16-23,26H2,1-5H3/t35-,36-/m0/s1. The average Bonchev–Trinajstić information content (AvgIpc) is 3.65. The molecule has 0 saturated carbocycles. The van der Waals surface area contributed by atoms with Gasteiger partial charge in [-0.2, -0.15) is 0 Å². The van der Waals surface area contributed by atoms with Gasteiger partial charge in [0.15, 0.2) is 23.0 Å². The van der Waals surface area contributed by atoms with E-state index < -0.39 is 0 Å². The van der Waals surface area contributed by atoms with Crippen molar-refractivity contribution in [2.24, 2.45) is 0 Å². The first-order valence-electron chi connectivity index (χ1n) is 18.1. The van der Waals surface area contributed by atoms with Crippen LogP contribution in [0, 0.1) is 0 Å². The van der Waals surface area contributed by atoms with Crippen molar-refractivity contribution >= 4 is 0 Å². The Morgan fingerprint density at radius 1 is 0.680 bits per heavy atom. The van der Waals surface area contributed by atoms with E-state index in [9.17, 15) is 0 Å². The number of nitrogens with zero attached hydrogens (tertiary/aromatic N) is 3. The van der Waals surface area contributed by atoms with Crippen molar-refractivity contribution < 1.29 is 23.7 Å². The molecule has 4 aromatic carbocycles. The lowest BCUT2D eigenvalue weighted by Crippen LogP contribution is -2.35. The predicted octanol–water partition coefficient (Wildman–Crippen LogP) is 7.75. The van der Waals surface area contributed by atoms with Gasteiger partial charge in [-0.05, 0) is 130 Å². The highest BCUT2D eigenvalue weighted by Gasteiger charge is 2.37. The van der Waals surface area contributed by atoms with E-state index in [0.717, 1.165) is 87.0 Å². The van der Waals surface area contributed by atoms with Crippen LogP contribution in [-0.2, 0) is 32.2 Å². The lowest BCUT2D eigenvalue weighted by molar-refractivity contribution is 0.218. The summed E-state index contributed by atoms with van der Waals surface area (Å²) >= 11 is 0. The molecular weight excluding hydrogens is 626 g/mol. The van der Waals surface area contributed by atoms with Crippen molar-refractivity contribution in [1.82, 2.24) is 14.7 Å². The van der Waals surface area contributed by atoms with Crippen LogP contribution in [-0.4, -0.2) is 76.3 Å². The molecule has 0 aliphatic carbocycles. The van der Waals surface area contributed by atoms with Crippen LogP contribution in [0.25, 0.3) is 0 Å². The fourth-order valence-electron chi connectivity index (χ4n) is 8.64. The Kier molecular flexibility index (Phi) is 9.10. The van der Waals surface area contributed by atoms with Gasteiger partial charge < -0.3 is 23.7 Å². The zero-order chi connectivity index (χ0) is 34.4. The zero-order valence-electron chi connectivity index (χ0n) is 30.1. The number of rotatable bonds is 5. The van der Waals surface area contributed by atoms with E-state index in [1.165, 1.54) is 46.2 Å². The van der Waals surface area contributed by atoms with Gasteiger partial charge in [-0.3, -0.25) is 14.7 Å². The molecule has 2 atom stereocenters. The molecule has 1 saturated heterocycles. The topological polar surface area (TPSA) is 55.9 Å². The smallest absolute Gasteiger partial charge is 0.204 e. The van der Waals surface area contributed by atoms with Gasteiger partial charge in [-0.1, -0.05) is 24.3 Å². The quantitative estimate of drug-likeness (QED) is 0.213. The Hall–Kier alpha value is -4.24. The van der Waals surface area contributed by atoms with E-state index >= 15 is 0 Å². The van der Waals surface area contributed by atoms with Crippen molar-refractivity contribution in [2.45, 2.75) is 57.2 Å². The molecule has 0 aromatic heterocycles. The molecule has 0 unspecified atom stereocenters. The number of hydrogen-bond donors (Lipinski definition) is 0. The van der Waals surface area contributed by atoms with E-state index in [0.29, 0.717) is 17.2 Å². The summed E-state index contributed by atoms with van der Waals surface area (Å²) in [6, 6.07) is 21.7. The first-order valence-corrected chi connectivity index (χ1v) is 18.1. The predicted molar refractivity (Wildman–Crippen MR) is 196 cm³/mol. The van der Waals surface area contributed by atoms with Crippen LogP contribution in [0.5, 0.6) is 40.2 Å². The van der Waals surface area contributed by atoms with Crippen LogP contribution in [0.3, 0.4) is 0 Å². The zero-order valence-corrected chi connectivity index (χ0v) is 30.1. The number of likely N-dealkylation sites (tertiary alicyclic amines) is 1. The summed E-state index contributed by atoms with van der Waals surface area (Å²) in [6.45, 7) is 4.98. The molecule has 5 aliphatic rings. The van der Waals surface area contributed by atoms with Crippen molar-refractivity contribution in [3.8, 4) is 40.2 Å². The normalized spacial score (nSPS) is 20.7. The third kappa shape index (κ3) is 6.08. The van der Waals surface area contributed by atoms with Gasteiger partial charge in [0.05, 0.1) is 21.3 Å². The maximum Gasteiger partial charge on any atom is 0.204 e. The summed E-state index contributed by atoms with van der Waals surface area (Å²) in [5, 5.41) is 0. The maximum absolute atomic E-state index is 7.14. The Labute approximate surface area is 296 Å². The fraction of sp³-hybridized carbons (Fsp3) is 0.429. The first kappa shape index (κ1) is 32.9. The lowest BCUT2D eigenvalue weighted by atomic mass is 9.84. The highest BCUT2D eigenvalue weighted by Crippen LogP contribution is 2.53. The first-order chi connectivity index (χ1) is 24.4. The van der Waals surface area contributed by atoms with Gasteiger partial charge >= 0.3 is 0 Å². The minimum absolute atomic E-state index is 0.0294. The van der Waals surface area contributed by atoms with E-state index in [4.69, 9.17) is 23.7 Å². The highest BCUT2D eigenvalue weighted by atomic mass is 16.5. The van der Waals surface area contributed by atoms with Crippen LogP contribution >= 0.6 is 0 Å². The minimum Gasteiger partial charge on any atom is -0.493 e. The summed E-state index contributed by atoms with van der Waals surface area (Å²) in [7, 11) is 9.66. The summed E-state index contributed by atoms with van der Waals surface area (Å²) in [6.07, 6.45) is 6.03. The van der Waals surface area contributed by atoms with Crippen molar-refractivity contribution in [1.29, 1.82) is 0 Å². The molecule has 1 fully saturated rings. The number of hydrogen-bond acceptors (Lipinski definition) is 8. The minimum atomic E-state index is 0.0294. The number of ether oxygens (including phenoxy) is 5. The van der Waals surface area contributed by atoms with Gasteiger partial charge in [-0.25, -0.2) is 0 Å². The van der Waals surface area contributed by atoms with Gasteiger partial charge in [0, 0.05) is 42.8 Å². The van der Waals surface area contributed by atoms with Crippen molar-refractivity contribution in [3.63, 3.8) is 0 Å². The van der Waals surface area contributed by atoms with Gasteiger partial charge in [0.25, 0.3) is 0 Å². The number of methoxy groups -OCH3 is 3. The fourth-order valence-corrected chi connectivity index (χ4v) is 8.64. The monoisotopic (exact) mass is 675 g/mol. The third-order valence-electron chi connectivity index (χ3n) is 11.4. The third-order valence-corrected chi connectivity index (χ3v) is 11.4. The van der Waals surface area contributed by atoms with Gasteiger partial charge in [0.1, 0.15) is 11.5 Å². The molecule has 9 rings (SSSR count). The molecule has 50 heavy (non-hydrogen) atoms. The molecule has 5 aliphatic heterocycles. The molecule has 8 nitrogen and oxygen atoms in total. The summed E-state index contributed by atoms with van der Waals surface area (Å²) in [4.78, 5) is 7.48. The lowest BCUT2D eigenvalue weighted by Gasteiger charge is -2.39. The van der Waals surface area contributed by atoms with Crippen molar-refractivity contribution in [3.05, 3.63) is 99.6 Å². The number of likely N-dealkylation sites (N-methyl/N-ethyl adjacent to an activating group) is 2. The molecular formula is C42H49N3O5. The van der Waals surface area contributed by atoms with Crippen LogP contribution < -0.4 is 23.7 Å². The van der Waals surface area contributed by atoms with Crippen LogP contribution in [0.2, 0.25) is 0 Å². The molecule has 0 amide bonds. The molecule has 8 heteroatoms. The number of fused-ring (bicyclic) bond motifs is 2. The van der Waals surface area contributed by atoms with Crippen LogP contribution in [0.15, 0.2) is 60.7 Å². The van der Waals surface area contributed by atoms with Gasteiger partial charge in [0.2, 0.25) is 5.75 Å². The van der Waals surface area contributed by atoms with E-state index in [1.54, 1.807) is 21.3 Å². The molecule has 262 valence electrons. The Bertz CT molecular complexity index is 1870. The van der Waals surface area contributed by atoms with E-state index in [2.05, 4.69) is 83.4 Å². The van der Waals surface area contributed by atoms with Gasteiger partial charge in [-0.15, -0.1) is 0 Å².